The van der Waals surface area contributed by atoms with Crippen molar-refractivity contribution in [2.24, 2.45) is 5.18 Å². The maximum atomic E-state index is 10.5. The molecule has 0 spiro atoms. The van der Waals surface area contributed by atoms with Gasteiger partial charge in [-0.1, -0.05) is 17.3 Å². The van der Waals surface area contributed by atoms with Gasteiger partial charge >= 0.3 is 5.97 Å². The van der Waals surface area contributed by atoms with Gasteiger partial charge in [-0.25, -0.2) is 4.79 Å². The Bertz CT molecular complexity index is 350. The predicted molar refractivity (Wildman–Crippen MR) is 48.0 cm³/mol. The lowest BCUT2D eigenvalue weighted by Gasteiger charge is -2.01. The monoisotopic (exact) mass is 193 g/mol. The van der Waals surface area contributed by atoms with Crippen LogP contribution in [0.1, 0.15) is 22.0 Å². The summed E-state index contributed by atoms with van der Waals surface area (Å²) in [6.07, 6.45) is 0.406. The van der Waals surface area contributed by atoms with Gasteiger partial charge in [0, 0.05) is 0 Å². The minimum absolute atomic E-state index is 0.101. The van der Waals surface area contributed by atoms with Crippen LogP contribution in [0.5, 0.6) is 0 Å². The van der Waals surface area contributed by atoms with Crippen LogP contribution in [0.4, 0.5) is 0 Å². The lowest BCUT2D eigenvalue weighted by Crippen LogP contribution is -1.99. The highest BCUT2D eigenvalue weighted by Gasteiger charge is 2.10. The van der Waals surface area contributed by atoms with Crippen LogP contribution in [0.2, 0.25) is 0 Å². The summed E-state index contributed by atoms with van der Waals surface area (Å²) in [5.74, 6) is -1.06. The van der Waals surface area contributed by atoms with E-state index >= 15 is 0 Å². The molecule has 0 aliphatic heterocycles. The van der Waals surface area contributed by atoms with E-state index in [0.29, 0.717) is 11.8 Å². The SMILES string of the molecule is O=CC(N=O)c1ccc(C(=O)O)cc1. The van der Waals surface area contributed by atoms with E-state index in [-0.39, 0.29) is 5.56 Å². The fourth-order valence-corrected chi connectivity index (χ4v) is 0.987. The number of carbonyl (C=O) groups is 2. The highest BCUT2D eigenvalue weighted by Crippen LogP contribution is 2.15. The third-order valence-electron chi connectivity index (χ3n) is 1.74. The van der Waals surface area contributed by atoms with Gasteiger partial charge in [-0.15, -0.1) is 4.91 Å². The molecule has 1 aromatic rings. The lowest BCUT2D eigenvalue weighted by atomic mass is 10.1. The number of carboxylic acids is 1. The Labute approximate surface area is 79.3 Å². The molecule has 0 fully saturated rings. The van der Waals surface area contributed by atoms with Crippen molar-refractivity contribution in [2.45, 2.75) is 6.04 Å². The van der Waals surface area contributed by atoms with Crippen LogP contribution in [0, 0.1) is 4.91 Å². The minimum atomic E-state index is -1.06. The molecule has 72 valence electrons. The van der Waals surface area contributed by atoms with Crippen LogP contribution >= 0.6 is 0 Å². The summed E-state index contributed by atoms with van der Waals surface area (Å²) in [6.45, 7) is 0. The maximum absolute atomic E-state index is 10.5. The average Bonchev–Trinajstić information content (AvgIpc) is 2.20. The maximum Gasteiger partial charge on any atom is 0.335 e. The second-order valence-corrected chi connectivity index (χ2v) is 2.61. The quantitative estimate of drug-likeness (QED) is 0.578. The number of aromatic carboxylic acids is 1. The van der Waals surface area contributed by atoms with Crippen molar-refractivity contribution in [3.05, 3.63) is 40.3 Å². The largest absolute Gasteiger partial charge is 0.478 e. The second kappa shape index (κ2) is 4.27. The van der Waals surface area contributed by atoms with Crippen molar-refractivity contribution < 1.29 is 14.7 Å². The van der Waals surface area contributed by atoms with Gasteiger partial charge in [0.2, 0.25) is 0 Å². The van der Waals surface area contributed by atoms with Crippen LogP contribution in [0.15, 0.2) is 29.4 Å². The first kappa shape index (κ1) is 10.0. The molecule has 5 nitrogen and oxygen atoms in total. The van der Waals surface area contributed by atoms with Crippen LogP contribution in [-0.4, -0.2) is 17.4 Å². The zero-order chi connectivity index (χ0) is 10.6. The number of hydrogen-bond donors (Lipinski definition) is 1. The molecule has 0 amide bonds. The summed E-state index contributed by atoms with van der Waals surface area (Å²) in [4.78, 5) is 31.0. The number of carboxylic acid groups (broad SMARTS) is 1. The smallest absolute Gasteiger partial charge is 0.335 e. The summed E-state index contributed by atoms with van der Waals surface area (Å²) in [5.41, 5.74) is 0.490. The fraction of sp³-hybridized carbons (Fsp3) is 0.111. The topological polar surface area (TPSA) is 83.8 Å². The Morgan fingerprint density at radius 3 is 2.29 bits per heavy atom. The van der Waals surface area contributed by atoms with Gasteiger partial charge < -0.3 is 9.90 Å². The summed E-state index contributed by atoms with van der Waals surface area (Å²) >= 11 is 0. The van der Waals surface area contributed by atoms with E-state index in [1.165, 1.54) is 24.3 Å². The van der Waals surface area contributed by atoms with Gasteiger partial charge in [-0.2, -0.15) is 0 Å². The molecule has 1 atom stereocenters. The Hall–Kier alpha value is -2.04. The minimum Gasteiger partial charge on any atom is -0.478 e. The van der Waals surface area contributed by atoms with Gasteiger partial charge in [0.25, 0.3) is 0 Å². The van der Waals surface area contributed by atoms with Crippen molar-refractivity contribution >= 4 is 12.3 Å². The van der Waals surface area contributed by atoms with E-state index in [4.69, 9.17) is 5.11 Å². The first-order chi connectivity index (χ1) is 6.69. The standard InChI is InChI=1S/C9H7NO4/c11-5-8(10-14)6-1-3-7(4-2-6)9(12)13/h1-5,8H,(H,12,13). The zero-order valence-electron chi connectivity index (χ0n) is 7.08. The third-order valence-corrected chi connectivity index (χ3v) is 1.74. The van der Waals surface area contributed by atoms with Crippen molar-refractivity contribution in [1.29, 1.82) is 0 Å². The van der Waals surface area contributed by atoms with Gasteiger partial charge in [0.1, 0.15) is 0 Å². The molecule has 0 saturated heterocycles. The molecule has 1 rings (SSSR count). The Morgan fingerprint density at radius 2 is 1.93 bits per heavy atom. The van der Waals surface area contributed by atoms with E-state index in [1.807, 2.05) is 0 Å². The fourth-order valence-electron chi connectivity index (χ4n) is 0.987. The molecule has 0 bridgehead atoms. The molecule has 0 aliphatic rings. The molecule has 14 heavy (non-hydrogen) atoms. The number of aldehydes is 1. The Balaban J connectivity index is 2.98. The van der Waals surface area contributed by atoms with E-state index in [9.17, 15) is 14.5 Å². The van der Waals surface area contributed by atoms with Gasteiger partial charge in [-0.05, 0) is 17.7 Å². The summed E-state index contributed by atoms with van der Waals surface area (Å²) in [6, 6.07) is 4.37. The summed E-state index contributed by atoms with van der Waals surface area (Å²) in [7, 11) is 0. The first-order valence-corrected chi connectivity index (χ1v) is 3.80. The van der Waals surface area contributed by atoms with E-state index in [0.717, 1.165) is 0 Å². The van der Waals surface area contributed by atoms with E-state index in [2.05, 4.69) is 5.18 Å². The number of hydrogen-bond acceptors (Lipinski definition) is 4. The number of benzene rings is 1. The molecule has 1 aromatic carbocycles. The molecule has 0 heterocycles. The molecule has 0 saturated carbocycles. The molecule has 1 N–H and O–H groups in total. The van der Waals surface area contributed by atoms with Gasteiger partial charge in [-0.3, -0.25) is 0 Å². The van der Waals surface area contributed by atoms with E-state index in [1.54, 1.807) is 0 Å². The van der Waals surface area contributed by atoms with Crippen LogP contribution < -0.4 is 0 Å². The normalized spacial score (nSPS) is 11.7. The van der Waals surface area contributed by atoms with Crippen molar-refractivity contribution in [2.75, 3.05) is 0 Å². The molecule has 1 unspecified atom stereocenters. The number of nitroso groups, excluding NO2 is 1. The predicted octanol–water partition coefficient (Wildman–Crippen LogP) is 1.39. The lowest BCUT2D eigenvalue weighted by molar-refractivity contribution is -0.108. The molecular formula is C9H7NO4. The number of carbonyl (C=O) groups excluding carboxylic acids is 1. The summed E-state index contributed by atoms with van der Waals surface area (Å²) in [5, 5.41) is 11.2. The van der Waals surface area contributed by atoms with Crippen molar-refractivity contribution in [3.63, 3.8) is 0 Å². The molecule has 0 aromatic heterocycles. The molecule has 0 radical (unpaired) electrons. The summed E-state index contributed by atoms with van der Waals surface area (Å²) < 4.78 is 0. The van der Waals surface area contributed by atoms with E-state index < -0.39 is 12.0 Å². The van der Waals surface area contributed by atoms with Crippen LogP contribution in [0.25, 0.3) is 0 Å². The van der Waals surface area contributed by atoms with Crippen LogP contribution in [0.3, 0.4) is 0 Å². The highest BCUT2D eigenvalue weighted by molar-refractivity contribution is 5.87. The Kier molecular flexibility index (Phi) is 3.06. The number of rotatable bonds is 4. The van der Waals surface area contributed by atoms with Crippen LogP contribution in [-0.2, 0) is 4.79 Å². The number of nitrogens with zero attached hydrogens (tertiary/aromatic N) is 1. The Morgan fingerprint density at radius 1 is 1.36 bits per heavy atom. The van der Waals surface area contributed by atoms with Crippen molar-refractivity contribution in [1.82, 2.24) is 0 Å². The highest BCUT2D eigenvalue weighted by atomic mass is 16.4. The van der Waals surface area contributed by atoms with Gasteiger partial charge in [0.05, 0.1) is 5.56 Å². The molecule has 0 aliphatic carbocycles. The molecular weight excluding hydrogens is 186 g/mol. The first-order valence-electron chi connectivity index (χ1n) is 3.80. The zero-order valence-corrected chi connectivity index (χ0v) is 7.08. The van der Waals surface area contributed by atoms with Gasteiger partial charge in [0.15, 0.2) is 12.3 Å². The average molecular weight is 193 g/mol. The van der Waals surface area contributed by atoms with Crippen molar-refractivity contribution in [3.8, 4) is 0 Å². The molecule has 5 heteroatoms. The second-order valence-electron chi connectivity index (χ2n) is 2.61. The third kappa shape index (κ3) is 2.01.